The number of likely N-dealkylation sites (tertiary alicyclic amines) is 1. The summed E-state index contributed by atoms with van der Waals surface area (Å²) in [7, 11) is 4.30. The lowest BCUT2D eigenvalue weighted by Gasteiger charge is -2.35. The molecular formula is C17H27N5. The van der Waals surface area contributed by atoms with Crippen molar-refractivity contribution in [3.05, 3.63) is 35.3 Å². The largest absolute Gasteiger partial charge is 0.387 e. The van der Waals surface area contributed by atoms with Crippen molar-refractivity contribution in [1.82, 2.24) is 15.1 Å². The summed E-state index contributed by atoms with van der Waals surface area (Å²) in [5.74, 6) is 0. The van der Waals surface area contributed by atoms with E-state index in [9.17, 15) is 0 Å². The third-order valence-corrected chi connectivity index (χ3v) is 4.77. The van der Waals surface area contributed by atoms with Crippen molar-refractivity contribution in [2.75, 3.05) is 33.7 Å². The van der Waals surface area contributed by atoms with Gasteiger partial charge in [0.05, 0.1) is 17.4 Å². The molecular weight excluding hydrogens is 274 g/mol. The van der Waals surface area contributed by atoms with E-state index in [-0.39, 0.29) is 6.04 Å². The van der Waals surface area contributed by atoms with E-state index in [0.29, 0.717) is 12.6 Å². The Morgan fingerprint density at radius 3 is 2.95 bits per heavy atom. The van der Waals surface area contributed by atoms with Gasteiger partial charge in [0.25, 0.3) is 0 Å². The maximum absolute atomic E-state index is 6.00. The SMILES string of the molecule is CN1CCC(N/C=C(\CN)C2C=NC3=CCCC=C3N2C)C1. The van der Waals surface area contributed by atoms with E-state index in [2.05, 4.69) is 52.6 Å². The van der Waals surface area contributed by atoms with Crippen molar-refractivity contribution in [2.45, 2.75) is 31.3 Å². The van der Waals surface area contributed by atoms with Gasteiger partial charge in [-0.3, -0.25) is 4.99 Å². The molecule has 1 aliphatic carbocycles. The third-order valence-electron chi connectivity index (χ3n) is 4.77. The van der Waals surface area contributed by atoms with Gasteiger partial charge in [0.2, 0.25) is 0 Å². The van der Waals surface area contributed by atoms with Gasteiger partial charge >= 0.3 is 0 Å². The molecule has 1 fully saturated rings. The first-order valence-corrected chi connectivity index (χ1v) is 8.20. The molecule has 2 aliphatic heterocycles. The zero-order valence-corrected chi connectivity index (χ0v) is 13.6. The summed E-state index contributed by atoms with van der Waals surface area (Å²) < 4.78 is 0. The lowest BCUT2D eigenvalue weighted by molar-refractivity contribution is 0.395. The van der Waals surface area contributed by atoms with Crippen LogP contribution in [0.1, 0.15) is 19.3 Å². The molecule has 0 aromatic rings. The summed E-state index contributed by atoms with van der Waals surface area (Å²) in [6.07, 6.45) is 12.0. The van der Waals surface area contributed by atoms with Crippen molar-refractivity contribution < 1.29 is 0 Å². The number of rotatable bonds is 4. The number of aliphatic imine (C=N–C) groups is 1. The zero-order valence-electron chi connectivity index (χ0n) is 13.6. The van der Waals surface area contributed by atoms with E-state index in [0.717, 1.165) is 31.6 Å². The fraction of sp³-hybridized carbons (Fsp3) is 0.588. The predicted molar refractivity (Wildman–Crippen MR) is 91.6 cm³/mol. The average Bonchev–Trinajstić information content (AvgIpc) is 2.95. The zero-order chi connectivity index (χ0) is 15.5. The molecule has 1 saturated heterocycles. The number of hydrogen-bond acceptors (Lipinski definition) is 5. The van der Waals surface area contributed by atoms with Gasteiger partial charge in [-0.15, -0.1) is 0 Å². The van der Waals surface area contributed by atoms with Gasteiger partial charge in [-0.25, -0.2) is 0 Å². The second-order valence-electron chi connectivity index (χ2n) is 6.43. The first-order chi connectivity index (χ1) is 10.7. The van der Waals surface area contributed by atoms with Crippen molar-refractivity contribution in [1.29, 1.82) is 0 Å². The third kappa shape index (κ3) is 3.10. The molecule has 5 nitrogen and oxygen atoms in total. The number of nitrogens with zero attached hydrogens (tertiary/aromatic N) is 3. The number of allylic oxidation sites excluding steroid dienone is 2. The Labute approximate surface area is 133 Å². The Morgan fingerprint density at radius 2 is 2.23 bits per heavy atom. The van der Waals surface area contributed by atoms with Crippen molar-refractivity contribution in [3.63, 3.8) is 0 Å². The van der Waals surface area contributed by atoms with E-state index in [1.807, 2.05) is 6.21 Å². The first-order valence-electron chi connectivity index (χ1n) is 8.20. The molecule has 0 aromatic heterocycles. The normalized spacial score (nSPS) is 29.2. The Kier molecular flexibility index (Phi) is 4.64. The van der Waals surface area contributed by atoms with Crippen LogP contribution in [0.2, 0.25) is 0 Å². The summed E-state index contributed by atoms with van der Waals surface area (Å²) in [5.41, 5.74) is 9.53. The van der Waals surface area contributed by atoms with Gasteiger partial charge < -0.3 is 20.9 Å². The number of likely N-dealkylation sites (N-methyl/N-ethyl adjacent to an activating group) is 2. The summed E-state index contributed by atoms with van der Waals surface area (Å²) >= 11 is 0. The van der Waals surface area contributed by atoms with Crippen LogP contribution in [0.3, 0.4) is 0 Å². The highest BCUT2D eigenvalue weighted by Gasteiger charge is 2.26. The Balaban J connectivity index is 1.73. The molecule has 0 amide bonds. The molecule has 0 bridgehead atoms. The second-order valence-corrected chi connectivity index (χ2v) is 6.43. The number of nitrogens with one attached hydrogen (secondary N) is 1. The minimum Gasteiger partial charge on any atom is -0.387 e. The topological polar surface area (TPSA) is 56.9 Å². The van der Waals surface area contributed by atoms with E-state index in [1.165, 1.54) is 17.7 Å². The molecule has 3 aliphatic rings. The van der Waals surface area contributed by atoms with Crippen molar-refractivity contribution in [2.24, 2.45) is 10.7 Å². The van der Waals surface area contributed by atoms with E-state index >= 15 is 0 Å². The molecule has 0 aromatic carbocycles. The van der Waals surface area contributed by atoms with E-state index < -0.39 is 0 Å². The maximum atomic E-state index is 6.00. The van der Waals surface area contributed by atoms with Crippen LogP contribution < -0.4 is 11.1 Å². The van der Waals surface area contributed by atoms with Gasteiger partial charge in [-0.2, -0.15) is 0 Å². The minimum atomic E-state index is 0.151. The van der Waals surface area contributed by atoms with Crippen molar-refractivity contribution >= 4 is 6.21 Å². The number of fused-ring (bicyclic) bond motifs is 1. The fourth-order valence-corrected chi connectivity index (χ4v) is 3.40. The quantitative estimate of drug-likeness (QED) is 0.815. The molecule has 3 rings (SSSR count). The minimum absolute atomic E-state index is 0.151. The molecule has 2 heterocycles. The number of nitrogens with two attached hydrogens (primary N) is 1. The van der Waals surface area contributed by atoms with Crippen LogP contribution in [0.15, 0.2) is 40.3 Å². The van der Waals surface area contributed by atoms with Crippen LogP contribution >= 0.6 is 0 Å². The smallest absolute Gasteiger partial charge is 0.0884 e. The van der Waals surface area contributed by atoms with Gasteiger partial charge in [0, 0.05) is 32.4 Å². The second kappa shape index (κ2) is 6.67. The van der Waals surface area contributed by atoms with Crippen molar-refractivity contribution in [3.8, 4) is 0 Å². The summed E-state index contributed by atoms with van der Waals surface area (Å²) in [5, 5.41) is 3.55. The van der Waals surface area contributed by atoms with Crippen LogP contribution in [0.4, 0.5) is 0 Å². The van der Waals surface area contributed by atoms with Crippen LogP contribution in [-0.2, 0) is 0 Å². The van der Waals surface area contributed by atoms with Crippen LogP contribution in [0.5, 0.6) is 0 Å². The highest BCUT2D eigenvalue weighted by atomic mass is 15.2. The summed E-state index contributed by atoms with van der Waals surface area (Å²) in [6, 6.07) is 0.680. The van der Waals surface area contributed by atoms with Crippen LogP contribution in [0.25, 0.3) is 0 Å². The fourth-order valence-electron chi connectivity index (χ4n) is 3.40. The standard InChI is InChI=1S/C17H27N5/c1-21-8-7-14(12-21)19-10-13(9-18)17-11-20-15-5-3-4-6-16(15)22(17)2/h5-6,10-11,14,17,19H,3-4,7-9,12,18H2,1-2H3/b13-10+. The summed E-state index contributed by atoms with van der Waals surface area (Å²) in [6.45, 7) is 2.80. The molecule has 3 N–H and O–H groups in total. The maximum Gasteiger partial charge on any atom is 0.0884 e. The first kappa shape index (κ1) is 15.3. The lowest BCUT2D eigenvalue weighted by Crippen LogP contribution is -2.41. The molecule has 22 heavy (non-hydrogen) atoms. The average molecular weight is 301 g/mol. The molecule has 0 spiro atoms. The molecule has 2 atom stereocenters. The van der Waals surface area contributed by atoms with Gasteiger partial charge in [0.15, 0.2) is 0 Å². The van der Waals surface area contributed by atoms with Gasteiger partial charge in [-0.1, -0.05) is 12.2 Å². The Bertz CT molecular complexity index is 531. The molecule has 5 heteroatoms. The molecule has 0 saturated carbocycles. The van der Waals surface area contributed by atoms with E-state index in [1.54, 1.807) is 0 Å². The molecule has 0 radical (unpaired) electrons. The lowest BCUT2D eigenvalue weighted by atomic mass is 10.0. The highest BCUT2D eigenvalue weighted by molar-refractivity contribution is 5.74. The number of hydrogen-bond donors (Lipinski definition) is 2. The van der Waals surface area contributed by atoms with Crippen LogP contribution in [-0.4, -0.2) is 61.8 Å². The molecule has 2 unspecified atom stereocenters. The van der Waals surface area contributed by atoms with Crippen LogP contribution in [0, 0.1) is 0 Å². The summed E-state index contributed by atoms with van der Waals surface area (Å²) in [4.78, 5) is 9.28. The Morgan fingerprint density at radius 1 is 1.41 bits per heavy atom. The highest BCUT2D eigenvalue weighted by Crippen LogP contribution is 2.28. The monoisotopic (exact) mass is 301 g/mol. The molecule has 120 valence electrons. The van der Waals surface area contributed by atoms with E-state index in [4.69, 9.17) is 5.73 Å². The Hall–Kier alpha value is -1.59. The predicted octanol–water partition coefficient (Wildman–Crippen LogP) is 1.07. The van der Waals surface area contributed by atoms with Gasteiger partial charge in [0.1, 0.15) is 0 Å². The van der Waals surface area contributed by atoms with Gasteiger partial charge in [-0.05, 0) is 44.6 Å².